The van der Waals surface area contributed by atoms with Gasteiger partial charge in [-0.1, -0.05) is 36.4 Å². The number of rotatable bonds is 8. The van der Waals surface area contributed by atoms with E-state index in [1.165, 1.54) is 0 Å². The van der Waals surface area contributed by atoms with Crippen molar-refractivity contribution in [2.24, 2.45) is 0 Å². The van der Waals surface area contributed by atoms with Crippen molar-refractivity contribution >= 4 is 18.6 Å². The maximum Gasteiger partial charge on any atom is 0.494 e. The third kappa shape index (κ3) is 6.62. The molecule has 1 heterocycles. The molecular weight excluding hydrogens is 431 g/mol. The van der Waals surface area contributed by atoms with Gasteiger partial charge in [-0.2, -0.15) is 0 Å². The first-order valence-electron chi connectivity index (χ1n) is 11.7. The van der Waals surface area contributed by atoms with Crippen molar-refractivity contribution in [1.29, 1.82) is 0 Å². The highest BCUT2D eigenvalue weighted by Gasteiger charge is 2.51. The van der Waals surface area contributed by atoms with Gasteiger partial charge in [-0.15, -0.1) is 0 Å². The van der Waals surface area contributed by atoms with Crippen LogP contribution in [-0.4, -0.2) is 37.0 Å². The van der Waals surface area contributed by atoms with Crippen LogP contribution in [0.2, 0.25) is 0 Å². The van der Waals surface area contributed by atoms with Crippen molar-refractivity contribution in [2.75, 3.05) is 7.11 Å². The minimum atomic E-state index is -0.529. The predicted octanol–water partition coefficient (Wildman–Crippen LogP) is 4.60. The highest BCUT2D eigenvalue weighted by atomic mass is 16.7. The summed E-state index contributed by atoms with van der Waals surface area (Å²) < 4.78 is 29.5. The molecule has 3 rings (SSSR count). The molecule has 1 aliphatic rings. The first-order valence-corrected chi connectivity index (χ1v) is 11.7. The molecule has 0 aliphatic carbocycles. The molecule has 0 radical (unpaired) electrons. The summed E-state index contributed by atoms with van der Waals surface area (Å²) >= 11 is 0. The molecule has 0 atom stereocenters. The lowest BCUT2D eigenvalue weighted by molar-refractivity contribution is -0.153. The molecule has 0 amide bonds. The number of carbonyl (C=O) groups excluding carboxylic acids is 1. The minimum Gasteiger partial charge on any atom is -0.489 e. The average Bonchev–Trinajstić information content (AvgIpc) is 2.93. The monoisotopic (exact) mass is 468 g/mol. The molecule has 0 bridgehead atoms. The van der Waals surface area contributed by atoms with E-state index in [0.29, 0.717) is 19.0 Å². The topological polar surface area (TPSA) is 63.2 Å². The second-order valence-corrected chi connectivity index (χ2v) is 10.8. The minimum absolute atomic E-state index is 0.149. The van der Waals surface area contributed by atoms with Crippen LogP contribution in [0.25, 0.3) is 0 Å². The Labute approximate surface area is 204 Å². The average molecular weight is 468 g/mol. The van der Waals surface area contributed by atoms with E-state index in [4.69, 9.17) is 23.5 Å². The summed E-state index contributed by atoms with van der Waals surface area (Å²) in [6.45, 7) is 14.5. The Kier molecular flexibility index (Phi) is 7.80. The van der Waals surface area contributed by atoms with Crippen LogP contribution in [0.5, 0.6) is 5.75 Å². The van der Waals surface area contributed by atoms with Crippen LogP contribution in [0.1, 0.15) is 65.2 Å². The molecule has 0 saturated carbocycles. The SMILES string of the molecule is COCc1cc(COc2ccccc2CC(=O)OC(C)(C)C)cc(B2OC(C)(C)C(C)(C)O2)c1. The molecular formula is C27H37BO6. The fourth-order valence-corrected chi connectivity index (χ4v) is 3.72. The molecule has 0 N–H and O–H groups in total. The molecule has 184 valence electrons. The quantitative estimate of drug-likeness (QED) is 0.417. The van der Waals surface area contributed by atoms with Gasteiger partial charge in [-0.25, -0.2) is 0 Å². The van der Waals surface area contributed by atoms with Gasteiger partial charge >= 0.3 is 13.1 Å². The Bertz CT molecular complexity index is 992. The fourth-order valence-electron chi connectivity index (χ4n) is 3.72. The van der Waals surface area contributed by atoms with Gasteiger partial charge in [0.2, 0.25) is 0 Å². The van der Waals surface area contributed by atoms with Crippen molar-refractivity contribution in [2.45, 2.75) is 84.9 Å². The van der Waals surface area contributed by atoms with Crippen LogP contribution >= 0.6 is 0 Å². The summed E-state index contributed by atoms with van der Waals surface area (Å²) in [7, 11) is 1.20. The van der Waals surface area contributed by atoms with Crippen molar-refractivity contribution in [3.63, 3.8) is 0 Å². The molecule has 0 spiro atoms. The summed E-state index contributed by atoms with van der Waals surface area (Å²) in [5, 5.41) is 0. The van der Waals surface area contributed by atoms with Gasteiger partial charge in [0.05, 0.1) is 24.2 Å². The standard InChI is InChI=1S/C27H37BO6/c1-25(2,3)32-24(29)16-21-11-9-10-12-23(21)31-18-20-13-19(17-30-8)14-22(15-20)28-33-26(4,5)27(6,7)34-28/h9-15H,16-18H2,1-8H3. The van der Waals surface area contributed by atoms with Gasteiger partial charge in [0, 0.05) is 12.7 Å². The lowest BCUT2D eigenvalue weighted by Gasteiger charge is -2.32. The van der Waals surface area contributed by atoms with Gasteiger partial charge in [0.1, 0.15) is 18.0 Å². The summed E-state index contributed by atoms with van der Waals surface area (Å²) in [6.07, 6.45) is 0.149. The van der Waals surface area contributed by atoms with Gasteiger partial charge in [-0.05, 0) is 71.1 Å². The number of esters is 1. The van der Waals surface area contributed by atoms with E-state index in [1.807, 2.05) is 84.9 Å². The Morgan fingerprint density at radius 1 is 0.941 bits per heavy atom. The maximum atomic E-state index is 12.3. The van der Waals surface area contributed by atoms with Crippen LogP contribution in [0.4, 0.5) is 0 Å². The fraction of sp³-hybridized carbons (Fsp3) is 0.519. The van der Waals surface area contributed by atoms with E-state index in [2.05, 4.69) is 6.07 Å². The molecule has 7 heteroatoms. The number of hydrogen-bond acceptors (Lipinski definition) is 6. The molecule has 2 aromatic carbocycles. The summed E-state index contributed by atoms with van der Waals surface area (Å²) in [6, 6.07) is 13.7. The summed E-state index contributed by atoms with van der Waals surface area (Å²) in [5.41, 5.74) is 2.31. The highest BCUT2D eigenvalue weighted by molar-refractivity contribution is 6.62. The van der Waals surface area contributed by atoms with E-state index in [9.17, 15) is 4.79 Å². The second kappa shape index (κ2) is 10.1. The van der Waals surface area contributed by atoms with Gasteiger partial charge < -0.3 is 23.5 Å². The largest absolute Gasteiger partial charge is 0.494 e. The predicted molar refractivity (Wildman–Crippen MR) is 133 cm³/mol. The first kappa shape index (κ1) is 26.3. The third-order valence-corrected chi connectivity index (χ3v) is 6.03. The van der Waals surface area contributed by atoms with Crippen molar-refractivity contribution in [1.82, 2.24) is 0 Å². The van der Waals surface area contributed by atoms with Gasteiger partial charge in [0.25, 0.3) is 0 Å². The Morgan fingerprint density at radius 2 is 1.53 bits per heavy atom. The first-order chi connectivity index (χ1) is 15.8. The molecule has 0 unspecified atom stereocenters. The smallest absolute Gasteiger partial charge is 0.489 e. The van der Waals surface area contributed by atoms with E-state index in [0.717, 1.165) is 22.2 Å². The number of methoxy groups -OCH3 is 1. The Morgan fingerprint density at radius 3 is 2.12 bits per heavy atom. The van der Waals surface area contributed by atoms with E-state index in [1.54, 1.807) is 7.11 Å². The van der Waals surface area contributed by atoms with Gasteiger partial charge in [0.15, 0.2) is 0 Å². The number of para-hydroxylation sites is 1. The van der Waals surface area contributed by atoms with E-state index >= 15 is 0 Å². The van der Waals surface area contributed by atoms with Crippen molar-refractivity contribution in [3.05, 3.63) is 59.2 Å². The molecule has 1 fully saturated rings. The molecule has 6 nitrogen and oxygen atoms in total. The molecule has 0 aromatic heterocycles. The van der Waals surface area contributed by atoms with Crippen LogP contribution in [0, 0.1) is 0 Å². The Balaban J connectivity index is 1.78. The van der Waals surface area contributed by atoms with Crippen LogP contribution in [0.3, 0.4) is 0 Å². The third-order valence-electron chi connectivity index (χ3n) is 6.03. The second-order valence-electron chi connectivity index (χ2n) is 10.8. The van der Waals surface area contributed by atoms with E-state index < -0.39 is 23.9 Å². The zero-order chi connectivity index (χ0) is 25.1. The maximum absolute atomic E-state index is 12.3. The van der Waals surface area contributed by atoms with Crippen LogP contribution in [-0.2, 0) is 43.2 Å². The summed E-state index contributed by atoms with van der Waals surface area (Å²) in [4.78, 5) is 12.3. The lowest BCUT2D eigenvalue weighted by Crippen LogP contribution is -2.41. The van der Waals surface area contributed by atoms with Crippen LogP contribution in [0.15, 0.2) is 42.5 Å². The highest BCUT2D eigenvalue weighted by Crippen LogP contribution is 2.36. The van der Waals surface area contributed by atoms with Crippen molar-refractivity contribution in [3.8, 4) is 5.75 Å². The zero-order valence-electron chi connectivity index (χ0n) is 21.7. The molecule has 34 heavy (non-hydrogen) atoms. The normalized spacial score (nSPS) is 17.0. The van der Waals surface area contributed by atoms with Crippen molar-refractivity contribution < 1.29 is 28.3 Å². The van der Waals surface area contributed by atoms with Gasteiger partial charge in [-0.3, -0.25) is 4.79 Å². The number of ether oxygens (including phenoxy) is 3. The number of carbonyl (C=O) groups is 1. The number of benzene rings is 2. The molecule has 2 aromatic rings. The summed E-state index contributed by atoms with van der Waals surface area (Å²) in [5.74, 6) is 0.372. The number of hydrogen-bond donors (Lipinski definition) is 0. The molecule has 1 saturated heterocycles. The van der Waals surface area contributed by atoms with Crippen LogP contribution < -0.4 is 10.2 Å². The zero-order valence-corrected chi connectivity index (χ0v) is 21.7. The van der Waals surface area contributed by atoms with E-state index in [-0.39, 0.29) is 12.4 Å². The lowest BCUT2D eigenvalue weighted by atomic mass is 9.77. The molecule has 1 aliphatic heterocycles. The Hall–Kier alpha value is -2.35.